The Morgan fingerprint density at radius 2 is 2.15 bits per heavy atom. The molecule has 1 N–H and O–H groups in total. The molecule has 2 aromatic rings. The number of aryl methyl sites for hydroxylation is 1. The Balaban J connectivity index is 1.54. The minimum Gasteiger partial charge on any atom is -0.388 e. The van der Waals surface area contributed by atoms with Gasteiger partial charge in [0.05, 0.1) is 12.6 Å². The van der Waals surface area contributed by atoms with Crippen LogP contribution in [0.25, 0.3) is 0 Å². The zero-order chi connectivity index (χ0) is 13.5. The Hall–Kier alpha value is -1.62. The van der Waals surface area contributed by atoms with Crippen LogP contribution in [0.2, 0.25) is 0 Å². The molecular weight excluding hydrogens is 254 g/mol. The first-order chi connectivity index (χ1) is 9.79. The Bertz CT molecular complexity index is 612. The van der Waals surface area contributed by atoms with Crippen LogP contribution in [-0.4, -0.2) is 19.8 Å². The van der Waals surface area contributed by atoms with Crippen molar-refractivity contribution in [3.63, 3.8) is 0 Å². The van der Waals surface area contributed by atoms with Gasteiger partial charge < -0.3 is 14.2 Å². The molecule has 1 unspecified atom stereocenters. The first-order valence-corrected chi connectivity index (χ1v) is 7.48. The van der Waals surface area contributed by atoms with Gasteiger partial charge in [0.15, 0.2) is 5.82 Å². The molecule has 5 nitrogen and oxygen atoms in total. The summed E-state index contributed by atoms with van der Waals surface area (Å²) in [5.74, 6) is 2.01. The minimum atomic E-state index is -0.318. The van der Waals surface area contributed by atoms with Crippen molar-refractivity contribution in [2.24, 2.45) is 0 Å². The summed E-state index contributed by atoms with van der Waals surface area (Å²) in [6.07, 6.45) is 10.4. The maximum atomic E-state index is 10.1. The Kier molecular flexibility index (Phi) is 2.88. The molecule has 2 aromatic heterocycles. The normalized spacial score (nSPS) is 22.6. The van der Waals surface area contributed by atoms with Gasteiger partial charge in [0, 0.05) is 23.9 Å². The molecule has 0 aromatic carbocycles. The summed E-state index contributed by atoms with van der Waals surface area (Å²) >= 11 is 0. The molecule has 0 saturated heterocycles. The van der Waals surface area contributed by atoms with Crippen molar-refractivity contribution in [3.05, 3.63) is 35.2 Å². The van der Waals surface area contributed by atoms with Crippen LogP contribution in [0.3, 0.4) is 0 Å². The number of aromatic nitrogens is 3. The Morgan fingerprint density at radius 3 is 3.00 bits per heavy atom. The quantitative estimate of drug-likeness (QED) is 0.873. The highest BCUT2D eigenvalue weighted by molar-refractivity contribution is 5.28. The van der Waals surface area contributed by atoms with Crippen LogP contribution < -0.4 is 0 Å². The fourth-order valence-corrected chi connectivity index (χ4v) is 2.97. The summed E-state index contributed by atoms with van der Waals surface area (Å²) in [6, 6.07) is 0. The van der Waals surface area contributed by atoms with E-state index in [2.05, 4.69) is 20.9 Å². The summed E-state index contributed by atoms with van der Waals surface area (Å²) in [7, 11) is 0. The molecule has 2 aliphatic carbocycles. The lowest BCUT2D eigenvalue weighted by Crippen LogP contribution is -2.00. The Morgan fingerprint density at radius 1 is 1.25 bits per heavy atom. The molecule has 1 atom stereocenters. The van der Waals surface area contributed by atoms with Crippen molar-refractivity contribution in [1.29, 1.82) is 0 Å². The lowest BCUT2D eigenvalue weighted by molar-refractivity contribution is 0.166. The number of aliphatic hydroxyl groups excluding tert-OH is 1. The van der Waals surface area contributed by atoms with E-state index < -0.39 is 0 Å². The summed E-state index contributed by atoms with van der Waals surface area (Å²) in [6.45, 7) is 0.621. The molecular formula is C15H19N3O2. The van der Waals surface area contributed by atoms with Crippen molar-refractivity contribution in [3.8, 4) is 0 Å². The largest absolute Gasteiger partial charge is 0.388 e. The topological polar surface area (TPSA) is 64.1 Å². The minimum absolute atomic E-state index is 0.318. The third-order valence-corrected chi connectivity index (χ3v) is 4.26. The van der Waals surface area contributed by atoms with E-state index in [1.165, 1.54) is 18.4 Å². The molecule has 106 valence electrons. The molecule has 20 heavy (non-hydrogen) atoms. The van der Waals surface area contributed by atoms with Crippen LogP contribution in [-0.2, 0) is 13.0 Å². The second-order valence-electron chi connectivity index (χ2n) is 6.00. The van der Waals surface area contributed by atoms with Crippen molar-refractivity contribution >= 4 is 0 Å². The number of hydrogen-bond donors (Lipinski definition) is 1. The van der Waals surface area contributed by atoms with Crippen LogP contribution >= 0.6 is 0 Å². The molecule has 0 spiro atoms. The third kappa shape index (κ3) is 2.26. The average Bonchev–Trinajstić information content (AvgIpc) is 3.10. The summed E-state index contributed by atoms with van der Waals surface area (Å²) < 4.78 is 7.35. The van der Waals surface area contributed by atoms with E-state index in [1.54, 1.807) is 0 Å². The lowest BCUT2D eigenvalue weighted by Gasteiger charge is -2.05. The number of aliphatic hydroxyl groups is 1. The van der Waals surface area contributed by atoms with Crippen molar-refractivity contribution < 1.29 is 9.63 Å². The second kappa shape index (κ2) is 4.74. The molecule has 1 fully saturated rings. The number of hydrogen-bond acceptors (Lipinski definition) is 4. The smallest absolute Gasteiger partial charge is 0.229 e. The predicted octanol–water partition coefficient (Wildman–Crippen LogP) is 2.56. The molecule has 2 aliphatic rings. The molecule has 5 heteroatoms. The fraction of sp³-hybridized carbons (Fsp3) is 0.600. The maximum absolute atomic E-state index is 10.1. The zero-order valence-electron chi connectivity index (χ0n) is 11.5. The first-order valence-electron chi connectivity index (χ1n) is 7.48. The lowest BCUT2D eigenvalue weighted by atomic mass is 10.1. The highest BCUT2D eigenvalue weighted by Gasteiger charge is 2.29. The van der Waals surface area contributed by atoms with Crippen molar-refractivity contribution in [2.75, 3.05) is 0 Å². The van der Waals surface area contributed by atoms with Gasteiger partial charge in [-0.05, 0) is 37.7 Å². The van der Waals surface area contributed by atoms with E-state index in [4.69, 9.17) is 4.52 Å². The van der Waals surface area contributed by atoms with Crippen LogP contribution in [0, 0.1) is 0 Å². The van der Waals surface area contributed by atoms with E-state index in [9.17, 15) is 5.11 Å². The number of fused-ring (bicyclic) bond motifs is 1. The second-order valence-corrected chi connectivity index (χ2v) is 6.00. The van der Waals surface area contributed by atoms with Gasteiger partial charge in [0.25, 0.3) is 0 Å². The zero-order valence-corrected chi connectivity index (χ0v) is 11.5. The summed E-state index contributed by atoms with van der Waals surface area (Å²) in [5.41, 5.74) is 2.34. The first kappa shape index (κ1) is 12.1. The third-order valence-electron chi connectivity index (χ3n) is 4.26. The van der Waals surface area contributed by atoms with E-state index in [0.717, 1.165) is 43.0 Å². The molecule has 4 rings (SSSR count). The van der Waals surface area contributed by atoms with Gasteiger partial charge in [-0.15, -0.1) is 0 Å². The van der Waals surface area contributed by atoms with E-state index in [0.29, 0.717) is 12.5 Å². The van der Waals surface area contributed by atoms with Gasteiger partial charge in [0.1, 0.15) is 0 Å². The Labute approximate surface area is 117 Å². The number of rotatable bonds is 3. The van der Waals surface area contributed by atoms with Gasteiger partial charge in [-0.2, -0.15) is 4.98 Å². The van der Waals surface area contributed by atoms with Crippen LogP contribution in [0.5, 0.6) is 0 Å². The molecule has 0 aliphatic heterocycles. The van der Waals surface area contributed by atoms with E-state index in [-0.39, 0.29) is 6.10 Å². The van der Waals surface area contributed by atoms with Crippen LogP contribution in [0.15, 0.2) is 16.9 Å². The highest BCUT2D eigenvalue weighted by atomic mass is 16.5. The fourth-order valence-electron chi connectivity index (χ4n) is 2.97. The number of nitrogens with zero attached hydrogens (tertiary/aromatic N) is 3. The molecule has 0 amide bonds. The van der Waals surface area contributed by atoms with E-state index in [1.807, 2.05) is 6.20 Å². The molecule has 0 bridgehead atoms. The molecule has 2 heterocycles. The SMILES string of the molecule is OC1CCCCc2cn(Cc3noc(C4CC4)n3)cc21. The van der Waals surface area contributed by atoms with Gasteiger partial charge in [-0.3, -0.25) is 0 Å². The van der Waals surface area contributed by atoms with Crippen molar-refractivity contribution in [1.82, 2.24) is 14.7 Å². The molecule has 1 saturated carbocycles. The van der Waals surface area contributed by atoms with Crippen LogP contribution in [0.4, 0.5) is 0 Å². The van der Waals surface area contributed by atoms with Gasteiger partial charge in [0.2, 0.25) is 5.89 Å². The van der Waals surface area contributed by atoms with Gasteiger partial charge in [-0.25, -0.2) is 0 Å². The average molecular weight is 273 g/mol. The highest BCUT2D eigenvalue weighted by Crippen LogP contribution is 2.38. The van der Waals surface area contributed by atoms with E-state index >= 15 is 0 Å². The standard InChI is InChI=1S/C15H19N3O2/c19-13-4-2-1-3-11-7-18(8-12(11)13)9-14-16-15(20-17-14)10-5-6-10/h7-8,10,13,19H,1-6,9H2. The van der Waals surface area contributed by atoms with Gasteiger partial charge >= 0.3 is 0 Å². The monoisotopic (exact) mass is 273 g/mol. The molecule has 0 radical (unpaired) electrons. The predicted molar refractivity (Wildman–Crippen MR) is 72.3 cm³/mol. The summed E-state index contributed by atoms with van der Waals surface area (Å²) in [4.78, 5) is 4.45. The van der Waals surface area contributed by atoms with Gasteiger partial charge in [-0.1, -0.05) is 11.6 Å². The maximum Gasteiger partial charge on any atom is 0.229 e. The van der Waals surface area contributed by atoms with Crippen LogP contribution in [0.1, 0.15) is 67.0 Å². The summed E-state index contributed by atoms with van der Waals surface area (Å²) in [5, 5.41) is 14.2. The van der Waals surface area contributed by atoms with Crippen molar-refractivity contribution in [2.45, 2.75) is 57.1 Å².